The van der Waals surface area contributed by atoms with Crippen molar-refractivity contribution in [1.82, 2.24) is 0 Å². The van der Waals surface area contributed by atoms with Crippen LogP contribution in [-0.2, 0) is 0 Å². The largest absolute Gasteiger partial charge is 0.506 e. The molecule has 2 aromatic rings. The molecule has 0 saturated carbocycles. The summed E-state index contributed by atoms with van der Waals surface area (Å²) in [7, 11) is 0. The SMILES string of the molecule is CC(C)c1ccc(O)c(N2C(=O)c3ccccc3C2=O)c1. The molecule has 2 aromatic carbocycles. The lowest BCUT2D eigenvalue weighted by atomic mass is 10.0. The average Bonchev–Trinajstić information content (AvgIpc) is 2.72. The van der Waals surface area contributed by atoms with Crippen molar-refractivity contribution in [2.24, 2.45) is 0 Å². The van der Waals surface area contributed by atoms with E-state index >= 15 is 0 Å². The first-order valence-corrected chi connectivity index (χ1v) is 6.81. The molecular formula is C17H15NO3. The van der Waals surface area contributed by atoms with Crippen LogP contribution in [-0.4, -0.2) is 16.9 Å². The van der Waals surface area contributed by atoms with E-state index in [0.717, 1.165) is 10.5 Å². The maximum Gasteiger partial charge on any atom is 0.266 e. The number of amides is 2. The fourth-order valence-electron chi connectivity index (χ4n) is 2.49. The number of benzene rings is 2. The second-order valence-corrected chi connectivity index (χ2v) is 5.39. The Morgan fingerprint density at radius 2 is 1.52 bits per heavy atom. The predicted molar refractivity (Wildman–Crippen MR) is 79.8 cm³/mol. The van der Waals surface area contributed by atoms with Crippen LogP contribution in [0.2, 0.25) is 0 Å². The molecule has 1 aliphatic heterocycles. The van der Waals surface area contributed by atoms with Crippen LogP contribution in [0.25, 0.3) is 0 Å². The topological polar surface area (TPSA) is 57.6 Å². The molecule has 2 amide bonds. The Morgan fingerprint density at radius 1 is 0.952 bits per heavy atom. The first-order chi connectivity index (χ1) is 10.0. The van der Waals surface area contributed by atoms with Gasteiger partial charge in [-0.15, -0.1) is 0 Å². The van der Waals surface area contributed by atoms with E-state index in [1.165, 1.54) is 6.07 Å². The molecule has 3 rings (SSSR count). The molecule has 0 spiro atoms. The van der Waals surface area contributed by atoms with Crippen molar-refractivity contribution < 1.29 is 14.7 Å². The first kappa shape index (κ1) is 13.4. The Morgan fingerprint density at radius 3 is 2.05 bits per heavy atom. The summed E-state index contributed by atoms with van der Waals surface area (Å²) in [4.78, 5) is 25.9. The van der Waals surface area contributed by atoms with E-state index in [2.05, 4.69) is 0 Å². The molecule has 0 unspecified atom stereocenters. The Kier molecular flexibility index (Phi) is 3.01. The second kappa shape index (κ2) is 4.74. The van der Waals surface area contributed by atoms with Gasteiger partial charge in [-0.2, -0.15) is 0 Å². The van der Waals surface area contributed by atoms with E-state index in [9.17, 15) is 14.7 Å². The van der Waals surface area contributed by atoms with Crippen LogP contribution in [0.5, 0.6) is 5.75 Å². The summed E-state index contributed by atoms with van der Waals surface area (Å²) in [5, 5.41) is 10.0. The zero-order valence-electron chi connectivity index (χ0n) is 11.8. The van der Waals surface area contributed by atoms with Gasteiger partial charge in [-0.3, -0.25) is 9.59 Å². The molecule has 4 nitrogen and oxygen atoms in total. The normalized spacial score (nSPS) is 14.0. The zero-order chi connectivity index (χ0) is 15.1. The van der Waals surface area contributed by atoms with Gasteiger partial charge in [0.2, 0.25) is 0 Å². The molecule has 106 valence electrons. The van der Waals surface area contributed by atoms with Crippen LogP contribution >= 0.6 is 0 Å². The highest BCUT2D eigenvalue weighted by Crippen LogP contribution is 2.36. The van der Waals surface area contributed by atoms with Gasteiger partial charge < -0.3 is 5.11 Å². The van der Waals surface area contributed by atoms with Crippen molar-refractivity contribution in [1.29, 1.82) is 0 Å². The van der Waals surface area contributed by atoms with Crippen molar-refractivity contribution in [3.05, 3.63) is 59.2 Å². The highest BCUT2D eigenvalue weighted by atomic mass is 16.3. The van der Waals surface area contributed by atoms with Crippen molar-refractivity contribution in [2.75, 3.05) is 4.90 Å². The number of anilines is 1. The van der Waals surface area contributed by atoms with Gasteiger partial charge in [-0.1, -0.05) is 32.0 Å². The third-order valence-electron chi connectivity index (χ3n) is 3.70. The van der Waals surface area contributed by atoms with Crippen LogP contribution in [0.15, 0.2) is 42.5 Å². The second-order valence-electron chi connectivity index (χ2n) is 5.39. The van der Waals surface area contributed by atoms with Gasteiger partial charge in [0, 0.05) is 0 Å². The minimum Gasteiger partial charge on any atom is -0.506 e. The Labute approximate surface area is 122 Å². The highest BCUT2D eigenvalue weighted by molar-refractivity contribution is 6.34. The van der Waals surface area contributed by atoms with Crippen molar-refractivity contribution >= 4 is 17.5 Å². The number of carbonyl (C=O) groups is 2. The molecule has 0 atom stereocenters. The zero-order valence-corrected chi connectivity index (χ0v) is 11.8. The van der Waals surface area contributed by atoms with E-state index in [4.69, 9.17) is 0 Å². The Hall–Kier alpha value is -2.62. The average molecular weight is 281 g/mol. The van der Waals surface area contributed by atoms with Crippen LogP contribution < -0.4 is 4.90 Å². The van der Waals surface area contributed by atoms with Crippen LogP contribution in [0.3, 0.4) is 0 Å². The van der Waals surface area contributed by atoms with Crippen LogP contribution in [0.1, 0.15) is 46.0 Å². The number of fused-ring (bicyclic) bond motifs is 1. The molecular weight excluding hydrogens is 266 g/mol. The fraction of sp³-hybridized carbons (Fsp3) is 0.176. The minimum absolute atomic E-state index is 0.0751. The van der Waals surface area contributed by atoms with Gasteiger partial charge in [-0.25, -0.2) is 4.90 Å². The smallest absolute Gasteiger partial charge is 0.266 e. The number of imide groups is 1. The minimum atomic E-state index is -0.396. The molecule has 1 N–H and O–H groups in total. The van der Waals surface area contributed by atoms with Gasteiger partial charge >= 0.3 is 0 Å². The van der Waals surface area contributed by atoms with E-state index in [1.54, 1.807) is 36.4 Å². The standard InChI is InChI=1S/C17H15NO3/c1-10(2)11-7-8-15(19)14(9-11)18-16(20)12-5-3-4-6-13(12)17(18)21/h3-10,19H,1-2H3. The summed E-state index contributed by atoms with van der Waals surface area (Å²) in [6.45, 7) is 4.02. The maximum atomic E-state index is 12.4. The number of hydrogen-bond donors (Lipinski definition) is 1. The van der Waals surface area contributed by atoms with E-state index in [-0.39, 0.29) is 17.4 Å². The lowest BCUT2D eigenvalue weighted by Crippen LogP contribution is -2.29. The quantitative estimate of drug-likeness (QED) is 0.859. The van der Waals surface area contributed by atoms with Gasteiger partial charge in [0.1, 0.15) is 5.75 Å². The summed E-state index contributed by atoms with van der Waals surface area (Å²) in [5.41, 5.74) is 1.94. The number of hydrogen-bond acceptors (Lipinski definition) is 3. The van der Waals surface area contributed by atoms with Gasteiger partial charge in [-0.05, 0) is 35.7 Å². The van der Waals surface area contributed by atoms with E-state index < -0.39 is 11.8 Å². The van der Waals surface area contributed by atoms with Crippen molar-refractivity contribution in [2.45, 2.75) is 19.8 Å². The molecule has 0 aliphatic carbocycles. The van der Waals surface area contributed by atoms with Gasteiger partial charge in [0.05, 0.1) is 16.8 Å². The monoisotopic (exact) mass is 281 g/mol. The molecule has 4 heteroatoms. The van der Waals surface area contributed by atoms with Crippen molar-refractivity contribution in [3.8, 4) is 5.75 Å². The molecule has 0 aromatic heterocycles. The van der Waals surface area contributed by atoms with Crippen LogP contribution in [0, 0.1) is 0 Å². The molecule has 0 bridgehead atoms. The summed E-state index contributed by atoms with van der Waals surface area (Å²) >= 11 is 0. The lowest BCUT2D eigenvalue weighted by Gasteiger charge is -2.17. The Balaban J connectivity index is 2.13. The van der Waals surface area contributed by atoms with Crippen LogP contribution in [0.4, 0.5) is 5.69 Å². The number of phenols is 1. The predicted octanol–water partition coefficient (Wildman–Crippen LogP) is 3.32. The maximum absolute atomic E-state index is 12.4. The summed E-state index contributed by atoms with van der Waals surface area (Å²) in [5.74, 6) is -0.632. The van der Waals surface area contributed by atoms with Crippen molar-refractivity contribution in [3.63, 3.8) is 0 Å². The third kappa shape index (κ3) is 2.00. The lowest BCUT2D eigenvalue weighted by molar-refractivity contribution is 0.0925. The van der Waals surface area contributed by atoms with Gasteiger partial charge in [0.15, 0.2) is 0 Å². The number of nitrogens with zero attached hydrogens (tertiary/aromatic N) is 1. The Bertz CT molecular complexity index is 714. The van der Waals surface area contributed by atoms with E-state index in [0.29, 0.717) is 11.1 Å². The summed E-state index contributed by atoms with van der Waals surface area (Å²) in [6, 6.07) is 11.7. The number of aromatic hydroxyl groups is 1. The first-order valence-electron chi connectivity index (χ1n) is 6.81. The molecule has 1 aliphatic rings. The summed E-state index contributed by atoms with van der Waals surface area (Å²) < 4.78 is 0. The molecule has 0 fully saturated rings. The molecule has 0 radical (unpaired) electrons. The summed E-state index contributed by atoms with van der Waals surface area (Å²) in [6.07, 6.45) is 0. The number of carbonyl (C=O) groups excluding carboxylic acids is 2. The van der Waals surface area contributed by atoms with E-state index in [1.807, 2.05) is 13.8 Å². The molecule has 0 saturated heterocycles. The molecule has 1 heterocycles. The van der Waals surface area contributed by atoms with Gasteiger partial charge in [0.25, 0.3) is 11.8 Å². The third-order valence-corrected chi connectivity index (χ3v) is 3.70. The number of rotatable bonds is 2. The number of phenolic OH excluding ortho intramolecular Hbond substituents is 1. The molecule has 21 heavy (non-hydrogen) atoms. The highest BCUT2D eigenvalue weighted by Gasteiger charge is 2.37. The fourth-order valence-corrected chi connectivity index (χ4v) is 2.49.